The number of benzene rings is 1. The largest absolute Gasteiger partial charge is 0.469 e. The van der Waals surface area contributed by atoms with Crippen LogP contribution in [0, 0.1) is 46.3 Å². The van der Waals surface area contributed by atoms with Crippen molar-refractivity contribution < 1.29 is 29.3 Å². The predicted octanol–water partition coefficient (Wildman–Crippen LogP) is 7.39. The number of aryl methyl sites for hydroxylation is 1. The lowest BCUT2D eigenvalue weighted by Crippen LogP contribution is -2.63. The van der Waals surface area contributed by atoms with E-state index < -0.39 is 6.10 Å². The Labute approximate surface area is 298 Å². The molecule has 1 aromatic rings. The fourth-order valence-electron chi connectivity index (χ4n) is 11.0. The number of nitrogens with zero attached hydrogens (tertiary/aromatic N) is 1. The molecule has 0 heterocycles. The van der Waals surface area contributed by atoms with Gasteiger partial charge < -0.3 is 24.6 Å². The normalized spacial score (nSPS) is 36.3. The summed E-state index contributed by atoms with van der Waals surface area (Å²) in [5.74, 6) is 2.28. The number of aliphatic hydroxyl groups excluding tert-OH is 2. The van der Waals surface area contributed by atoms with Gasteiger partial charge in [0.2, 0.25) is 0 Å². The molecule has 0 saturated heterocycles. The molecule has 4 saturated carbocycles. The van der Waals surface area contributed by atoms with E-state index in [0.717, 1.165) is 70.1 Å². The molecule has 0 unspecified atom stereocenters. The van der Waals surface area contributed by atoms with Gasteiger partial charge in [-0.1, -0.05) is 32.9 Å². The number of methoxy groups -OCH3 is 1. The summed E-state index contributed by atoms with van der Waals surface area (Å²) < 4.78 is 11.4. The zero-order chi connectivity index (χ0) is 34.6. The number of hydrogen-bond donors (Lipinski definition) is 2. The highest BCUT2D eigenvalue weighted by Crippen LogP contribution is 2.68. The summed E-state index contributed by atoms with van der Waals surface area (Å²) in [6, 6.07) is 8.44. The lowest BCUT2D eigenvalue weighted by Gasteiger charge is -2.63. The third-order valence-electron chi connectivity index (χ3n) is 13.7. The Morgan fingerprint density at radius 1 is 0.958 bits per heavy atom. The topological polar surface area (TPSA) is 96.3 Å². The second-order valence-corrected chi connectivity index (χ2v) is 16.7. The van der Waals surface area contributed by atoms with Crippen molar-refractivity contribution in [3.63, 3.8) is 0 Å². The Morgan fingerprint density at radius 2 is 1.67 bits per heavy atom. The first-order valence-corrected chi connectivity index (χ1v) is 19.6. The Kier molecular flexibility index (Phi) is 12.7. The molecule has 0 aromatic heterocycles. The van der Waals surface area contributed by atoms with Crippen LogP contribution in [-0.4, -0.2) is 72.4 Å². The minimum Gasteiger partial charge on any atom is -0.469 e. The fraction of sp³-hybridized carbons (Fsp3) is 0.795. The Bertz CT molecular complexity index is 1230. The molecule has 4 aliphatic rings. The quantitative estimate of drug-likeness (QED) is 0.154. The molecule has 0 aliphatic heterocycles. The van der Waals surface area contributed by atoms with Crippen LogP contribution in [0.15, 0.2) is 24.3 Å². The molecule has 4 aliphatic carbocycles. The minimum absolute atomic E-state index is 0.0129. The van der Waals surface area contributed by atoms with Crippen LogP contribution in [0.2, 0.25) is 0 Å². The number of carbonyl (C=O) groups excluding carboxylic acids is 2. The number of fused-ring (bicyclic) bond motifs is 5. The van der Waals surface area contributed by atoms with E-state index in [1.54, 1.807) is 0 Å². The second kappa shape index (κ2) is 16.2. The molecule has 9 heteroatoms. The van der Waals surface area contributed by atoms with Crippen molar-refractivity contribution >= 4 is 40.8 Å². The van der Waals surface area contributed by atoms with Crippen LogP contribution in [0.25, 0.3) is 0 Å². The molecule has 4 fully saturated rings. The number of rotatable bonds is 14. The lowest BCUT2D eigenvalue weighted by molar-refractivity contribution is -0.217. The van der Waals surface area contributed by atoms with Gasteiger partial charge in [-0.3, -0.25) is 9.59 Å². The third kappa shape index (κ3) is 7.70. The molecule has 5 rings (SSSR count). The predicted molar refractivity (Wildman–Crippen MR) is 191 cm³/mol. The fourth-order valence-corrected chi connectivity index (χ4v) is 11.4. The number of anilines is 1. The van der Waals surface area contributed by atoms with Crippen LogP contribution in [0.3, 0.4) is 0 Å². The summed E-state index contributed by atoms with van der Waals surface area (Å²) in [6.07, 6.45) is 8.03. The van der Waals surface area contributed by atoms with Gasteiger partial charge in [0, 0.05) is 49.3 Å². The van der Waals surface area contributed by atoms with Crippen molar-refractivity contribution in [1.29, 1.82) is 0 Å². The van der Waals surface area contributed by atoms with Gasteiger partial charge in [0.1, 0.15) is 6.10 Å². The summed E-state index contributed by atoms with van der Waals surface area (Å²) in [6.45, 7) is 8.38. The number of alkyl halides is 2. The van der Waals surface area contributed by atoms with Gasteiger partial charge in [0.25, 0.3) is 0 Å². The zero-order valence-corrected chi connectivity index (χ0v) is 31.1. The molecule has 2 N–H and O–H groups in total. The van der Waals surface area contributed by atoms with Crippen LogP contribution < -0.4 is 4.90 Å². The van der Waals surface area contributed by atoms with Crippen molar-refractivity contribution in [2.24, 2.45) is 46.3 Å². The molecule has 48 heavy (non-hydrogen) atoms. The van der Waals surface area contributed by atoms with Crippen molar-refractivity contribution in [2.75, 3.05) is 36.9 Å². The molecule has 7 nitrogen and oxygen atoms in total. The van der Waals surface area contributed by atoms with Gasteiger partial charge in [-0.05, 0) is 122 Å². The maximum atomic E-state index is 13.6. The van der Waals surface area contributed by atoms with E-state index in [-0.39, 0.29) is 64.6 Å². The average Bonchev–Trinajstić information content (AvgIpc) is 3.43. The van der Waals surface area contributed by atoms with Crippen molar-refractivity contribution in [1.82, 2.24) is 0 Å². The van der Waals surface area contributed by atoms with Gasteiger partial charge in [0.15, 0.2) is 0 Å². The molecular formula is C39H59Cl2NO6. The van der Waals surface area contributed by atoms with Crippen LogP contribution in [0.5, 0.6) is 0 Å². The highest BCUT2D eigenvalue weighted by atomic mass is 35.5. The number of halogens is 2. The molecule has 0 bridgehead atoms. The highest BCUT2D eigenvalue weighted by Gasteiger charge is 2.66. The van der Waals surface area contributed by atoms with Crippen LogP contribution in [-0.2, 0) is 25.5 Å². The number of aliphatic hydroxyl groups is 2. The molecule has 0 spiro atoms. The van der Waals surface area contributed by atoms with E-state index in [2.05, 4.69) is 49.9 Å². The summed E-state index contributed by atoms with van der Waals surface area (Å²) in [4.78, 5) is 27.7. The standard InChI is InChI=1S/C39H59Cl2NO6/c1-25(8-15-35(45)47-4)30-13-14-31-37-32(24-34(44)39(30,31)3)38(2)17-16-29(43)22-27(38)23-33(37)48-36(46)7-5-6-26-9-11-28(12-10-26)42(20-18-40)21-19-41/h9-12,25,27,29-34,37,43-44H,5-8,13-24H2,1-4H3/t25-,27+,29-,30-,31+,32+,33-,34+,37+,38+,39-/m1/s1. The maximum Gasteiger partial charge on any atom is 0.306 e. The van der Waals surface area contributed by atoms with Gasteiger partial charge >= 0.3 is 11.9 Å². The monoisotopic (exact) mass is 707 g/mol. The second-order valence-electron chi connectivity index (χ2n) is 16.0. The van der Waals surface area contributed by atoms with Gasteiger partial charge in [0.05, 0.1) is 19.3 Å². The molecule has 0 radical (unpaired) electrons. The Balaban J connectivity index is 1.28. The number of hydrogen-bond acceptors (Lipinski definition) is 7. The van der Waals surface area contributed by atoms with Gasteiger partial charge in [-0.25, -0.2) is 0 Å². The number of esters is 2. The number of ether oxygens (including phenoxy) is 2. The summed E-state index contributed by atoms with van der Waals surface area (Å²) in [5, 5.41) is 22.7. The average molecular weight is 709 g/mol. The van der Waals surface area contributed by atoms with Crippen LogP contribution in [0.1, 0.15) is 97.0 Å². The van der Waals surface area contributed by atoms with Gasteiger partial charge in [-0.2, -0.15) is 0 Å². The van der Waals surface area contributed by atoms with Crippen molar-refractivity contribution in [3.05, 3.63) is 29.8 Å². The molecule has 0 amide bonds. The minimum atomic E-state index is -0.445. The first-order valence-electron chi connectivity index (χ1n) is 18.5. The lowest BCUT2D eigenvalue weighted by atomic mass is 9.43. The van der Waals surface area contributed by atoms with Crippen LogP contribution in [0.4, 0.5) is 5.69 Å². The van der Waals surface area contributed by atoms with Gasteiger partial charge in [-0.15, -0.1) is 23.2 Å². The first-order chi connectivity index (χ1) is 23.0. The maximum absolute atomic E-state index is 13.6. The summed E-state index contributed by atoms with van der Waals surface area (Å²) in [5.41, 5.74) is 2.00. The third-order valence-corrected chi connectivity index (χ3v) is 14.0. The SMILES string of the molecule is COC(=O)CC[C@@H](C)[C@H]1CC[C@H]2[C@@H]3[C@H](OC(=O)CCCc4ccc(N(CCCl)CCCl)cc4)C[C@@H]4C[C@H](O)CC[C@]4(C)[C@H]3C[C@H](O)[C@]12C. The van der Waals surface area contributed by atoms with E-state index in [4.69, 9.17) is 32.7 Å². The van der Waals surface area contributed by atoms with E-state index in [1.165, 1.54) is 12.7 Å². The van der Waals surface area contributed by atoms with E-state index in [1.807, 2.05) is 0 Å². The summed E-state index contributed by atoms with van der Waals surface area (Å²) in [7, 11) is 1.44. The van der Waals surface area contributed by atoms with E-state index in [9.17, 15) is 19.8 Å². The Hall–Kier alpha value is -1.54. The van der Waals surface area contributed by atoms with Crippen molar-refractivity contribution in [3.8, 4) is 0 Å². The van der Waals surface area contributed by atoms with E-state index in [0.29, 0.717) is 43.4 Å². The van der Waals surface area contributed by atoms with Crippen molar-refractivity contribution in [2.45, 2.75) is 116 Å². The summed E-state index contributed by atoms with van der Waals surface area (Å²) >= 11 is 12.0. The Morgan fingerprint density at radius 3 is 2.33 bits per heavy atom. The van der Waals surface area contributed by atoms with E-state index >= 15 is 0 Å². The molecule has 11 atom stereocenters. The highest BCUT2D eigenvalue weighted by molar-refractivity contribution is 6.18. The first kappa shape index (κ1) is 37.7. The molecule has 1 aromatic carbocycles. The smallest absolute Gasteiger partial charge is 0.306 e. The molecule has 270 valence electrons. The molecular weight excluding hydrogens is 649 g/mol. The van der Waals surface area contributed by atoms with Crippen LogP contribution >= 0.6 is 23.2 Å². The zero-order valence-electron chi connectivity index (χ0n) is 29.5. The number of carbonyl (C=O) groups is 2.